The van der Waals surface area contributed by atoms with Crippen molar-refractivity contribution >= 4 is 0 Å². The second-order valence-electron chi connectivity index (χ2n) is 4.60. The van der Waals surface area contributed by atoms with Crippen LogP contribution in [0, 0.1) is 0 Å². The molecule has 0 aliphatic carbocycles. The van der Waals surface area contributed by atoms with E-state index in [1.54, 1.807) is 0 Å². The van der Waals surface area contributed by atoms with Gasteiger partial charge >= 0.3 is 0 Å². The third-order valence-corrected chi connectivity index (χ3v) is 2.65. The molecule has 0 fully saturated rings. The molecule has 1 N–H and O–H groups in total. The Morgan fingerprint density at radius 3 is 2.95 bits per heavy atom. The number of nitrogens with one attached hydrogen (secondary N) is 1. The number of hydrogen-bond donors (Lipinski definition) is 1. The van der Waals surface area contributed by atoms with Crippen molar-refractivity contribution in [2.45, 2.75) is 33.4 Å². The Morgan fingerprint density at radius 2 is 2.21 bits per heavy atom. The molecule has 0 bridgehead atoms. The van der Waals surface area contributed by atoms with Crippen LogP contribution in [0.4, 0.5) is 0 Å². The molecule has 0 atom stereocenters. The summed E-state index contributed by atoms with van der Waals surface area (Å²) in [6.07, 6.45) is 1.64. The first-order valence-corrected chi connectivity index (χ1v) is 6.61. The Hall–Kier alpha value is -1.81. The van der Waals surface area contributed by atoms with Crippen molar-refractivity contribution in [3.05, 3.63) is 36.4 Å². The lowest BCUT2D eigenvalue weighted by atomic mass is 10.1. The first-order chi connectivity index (χ1) is 9.20. The van der Waals surface area contributed by atoms with Gasteiger partial charge in [0.25, 0.3) is 0 Å². The molecule has 0 aliphatic heterocycles. The van der Waals surface area contributed by atoms with Gasteiger partial charge in [-0.25, -0.2) is 4.98 Å². The van der Waals surface area contributed by atoms with Crippen LogP contribution in [0.25, 0.3) is 11.3 Å². The van der Waals surface area contributed by atoms with E-state index in [9.17, 15) is 0 Å². The Kier molecular flexibility index (Phi) is 4.58. The smallest absolute Gasteiger partial charge is 0.181 e. The highest BCUT2D eigenvalue weighted by Gasteiger charge is 2.11. The fourth-order valence-corrected chi connectivity index (χ4v) is 1.86. The van der Waals surface area contributed by atoms with Crippen molar-refractivity contribution < 1.29 is 9.15 Å². The van der Waals surface area contributed by atoms with Crippen molar-refractivity contribution in [3.8, 4) is 17.1 Å². The summed E-state index contributed by atoms with van der Waals surface area (Å²) in [5.74, 6) is 1.65. The van der Waals surface area contributed by atoms with E-state index in [2.05, 4.69) is 17.2 Å². The highest BCUT2D eigenvalue weighted by molar-refractivity contribution is 5.61. The predicted molar refractivity (Wildman–Crippen MR) is 75.1 cm³/mol. The molecule has 0 unspecified atom stereocenters. The van der Waals surface area contributed by atoms with Crippen LogP contribution in [0.2, 0.25) is 0 Å². The van der Waals surface area contributed by atoms with Crippen LogP contribution >= 0.6 is 0 Å². The van der Waals surface area contributed by atoms with Gasteiger partial charge < -0.3 is 14.5 Å². The highest BCUT2D eigenvalue weighted by atomic mass is 16.5. The number of nitrogens with zero attached hydrogens (tertiary/aromatic N) is 1. The van der Waals surface area contributed by atoms with E-state index in [0.717, 1.165) is 29.3 Å². The number of rotatable bonds is 6. The predicted octanol–water partition coefficient (Wildman–Crippen LogP) is 3.24. The van der Waals surface area contributed by atoms with Crippen molar-refractivity contribution in [1.82, 2.24) is 10.3 Å². The summed E-state index contributed by atoms with van der Waals surface area (Å²) in [7, 11) is 0. The molecular weight excluding hydrogens is 240 g/mol. The Balaban J connectivity index is 2.23. The first kappa shape index (κ1) is 13.6. The minimum Gasteiger partial charge on any atom is -0.491 e. The van der Waals surface area contributed by atoms with Gasteiger partial charge in [-0.3, -0.25) is 0 Å². The molecule has 0 amide bonds. The molecule has 19 heavy (non-hydrogen) atoms. The van der Waals surface area contributed by atoms with Gasteiger partial charge in [0.15, 0.2) is 12.2 Å². The van der Waals surface area contributed by atoms with Gasteiger partial charge in [-0.15, -0.1) is 0 Å². The second kappa shape index (κ2) is 6.38. The maximum absolute atomic E-state index is 5.70. The van der Waals surface area contributed by atoms with Crippen molar-refractivity contribution in [1.29, 1.82) is 0 Å². The molecule has 0 spiro atoms. The Morgan fingerprint density at radius 1 is 1.37 bits per heavy atom. The largest absolute Gasteiger partial charge is 0.491 e. The number of hydrogen-bond acceptors (Lipinski definition) is 4. The maximum atomic E-state index is 5.70. The SMILES string of the molecule is CCNCc1ncoc1-c1cccc(OC(C)C)c1. The molecule has 0 saturated heterocycles. The van der Waals surface area contributed by atoms with Crippen LogP contribution < -0.4 is 10.1 Å². The molecule has 102 valence electrons. The minimum absolute atomic E-state index is 0.159. The molecule has 4 nitrogen and oxygen atoms in total. The van der Waals surface area contributed by atoms with Crippen LogP contribution in [0.3, 0.4) is 0 Å². The van der Waals surface area contributed by atoms with Crippen molar-refractivity contribution in [2.75, 3.05) is 6.54 Å². The van der Waals surface area contributed by atoms with Gasteiger partial charge in [0, 0.05) is 12.1 Å². The summed E-state index contributed by atoms with van der Waals surface area (Å²) < 4.78 is 11.2. The summed E-state index contributed by atoms with van der Waals surface area (Å²) in [6.45, 7) is 7.70. The maximum Gasteiger partial charge on any atom is 0.181 e. The van der Waals surface area contributed by atoms with Crippen LogP contribution in [0.5, 0.6) is 5.75 Å². The molecule has 0 saturated carbocycles. The number of ether oxygens (including phenoxy) is 1. The third kappa shape index (κ3) is 3.58. The monoisotopic (exact) mass is 260 g/mol. The summed E-state index contributed by atoms with van der Waals surface area (Å²) in [5.41, 5.74) is 1.91. The lowest BCUT2D eigenvalue weighted by molar-refractivity contribution is 0.242. The van der Waals surface area contributed by atoms with Crippen LogP contribution in [-0.2, 0) is 6.54 Å². The zero-order valence-electron chi connectivity index (χ0n) is 11.6. The van der Waals surface area contributed by atoms with Gasteiger partial charge in [0.2, 0.25) is 0 Å². The lowest BCUT2D eigenvalue weighted by Crippen LogP contribution is -2.12. The van der Waals surface area contributed by atoms with Crippen LogP contribution in [-0.4, -0.2) is 17.6 Å². The first-order valence-electron chi connectivity index (χ1n) is 6.61. The Labute approximate surface area is 113 Å². The molecule has 0 radical (unpaired) electrons. The van der Waals surface area contributed by atoms with Crippen molar-refractivity contribution in [3.63, 3.8) is 0 Å². The van der Waals surface area contributed by atoms with Crippen molar-refractivity contribution in [2.24, 2.45) is 0 Å². The van der Waals surface area contributed by atoms with Gasteiger partial charge in [0.05, 0.1) is 6.10 Å². The van der Waals surface area contributed by atoms with E-state index < -0.39 is 0 Å². The van der Waals surface area contributed by atoms with E-state index in [-0.39, 0.29) is 6.10 Å². The number of benzene rings is 1. The topological polar surface area (TPSA) is 47.3 Å². The van der Waals surface area contributed by atoms with Gasteiger partial charge in [-0.2, -0.15) is 0 Å². The minimum atomic E-state index is 0.159. The van der Waals surface area contributed by atoms with Gasteiger partial charge in [-0.05, 0) is 32.5 Å². The third-order valence-electron chi connectivity index (χ3n) is 2.65. The average molecular weight is 260 g/mol. The summed E-state index contributed by atoms with van der Waals surface area (Å²) in [5, 5.41) is 3.25. The molecule has 1 heterocycles. The summed E-state index contributed by atoms with van der Waals surface area (Å²) in [6, 6.07) is 7.90. The molecule has 0 aliphatic rings. The average Bonchev–Trinajstić information content (AvgIpc) is 2.84. The second-order valence-corrected chi connectivity index (χ2v) is 4.60. The normalized spacial score (nSPS) is 10.9. The van der Waals surface area contributed by atoms with E-state index in [4.69, 9.17) is 9.15 Å². The molecule has 1 aromatic heterocycles. The van der Waals surface area contributed by atoms with Gasteiger partial charge in [0.1, 0.15) is 11.4 Å². The van der Waals surface area contributed by atoms with E-state index in [0.29, 0.717) is 6.54 Å². The number of oxazole rings is 1. The van der Waals surface area contributed by atoms with E-state index in [1.165, 1.54) is 6.39 Å². The zero-order valence-corrected chi connectivity index (χ0v) is 11.6. The fraction of sp³-hybridized carbons (Fsp3) is 0.400. The molecule has 4 heteroatoms. The fourth-order valence-electron chi connectivity index (χ4n) is 1.86. The van der Waals surface area contributed by atoms with E-state index >= 15 is 0 Å². The number of aromatic nitrogens is 1. The molecule has 2 rings (SSSR count). The molecular formula is C15H20N2O2. The van der Waals surface area contributed by atoms with E-state index in [1.807, 2.05) is 38.1 Å². The lowest BCUT2D eigenvalue weighted by Gasteiger charge is -2.10. The summed E-state index contributed by atoms with van der Waals surface area (Å²) >= 11 is 0. The standard InChI is InChI=1S/C15H20N2O2/c1-4-16-9-14-15(18-10-17-14)12-6-5-7-13(8-12)19-11(2)3/h5-8,10-11,16H,4,9H2,1-3H3. The summed E-state index contributed by atoms with van der Waals surface area (Å²) in [4.78, 5) is 4.25. The van der Waals surface area contributed by atoms with Gasteiger partial charge in [-0.1, -0.05) is 19.1 Å². The van der Waals surface area contributed by atoms with Crippen LogP contribution in [0.1, 0.15) is 26.5 Å². The quantitative estimate of drug-likeness (QED) is 0.866. The van der Waals surface area contributed by atoms with Crippen LogP contribution in [0.15, 0.2) is 35.1 Å². The Bertz CT molecular complexity index is 520. The molecule has 2 aromatic rings. The molecule has 1 aromatic carbocycles. The zero-order chi connectivity index (χ0) is 13.7. The highest BCUT2D eigenvalue weighted by Crippen LogP contribution is 2.27.